The highest BCUT2D eigenvalue weighted by Crippen LogP contribution is 2.19. The van der Waals surface area contributed by atoms with Gasteiger partial charge in [0, 0.05) is 22.4 Å². The summed E-state index contributed by atoms with van der Waals surface area (Å²) in [5.41, 5.74) is 3.93. The molecule has 1 aromatic heterocycles. The van der Waals surface area contributed by atoms with E-state index in [0.29, 0.717) is 15.6 Å². The maximum Gasteiger partial charge on any atom is 0.340 e. The van der Waals surface area contributed by atoms with E-state index in [0.717, 1.165) is 16.7 Å². The molecule has 0 saturated carbocycles. The Morgan fingerprint density at radius 3 is 2.35 bits per heavy atom. The molecule has 1 heterocycles. The lowest BCUT2D eigenvalue weighted by Gasteiger charge is -2.15. The lowest BCUT2D eigenvalue weighted by atomic mass is 9.96. The summed E-state index contributed by atoms with van der Waals surface area (Å²) in [5.74, 6) is -0.775. The number of aromatic nitrogens is 1. The molecule has 0 aliphatic heterocycles. The summed E-state index contributed by atoms with van der Waals surface area (Å²) in [5, 5.41) is 0. The van der Waals surface area contributed by atoms with Gasteiger partial charge in [-0.05, 0) is 72.4 Å². The molecule has 0 fully saturated rings. The van der Waals surface area contributed by atoms with Crippen molar-refractivity contribution >= 4 is 27.7 Å². The van der Waals surface area contributed by atoms with Gasteiger partial charge in [0.2, 0.25) is 5.78 Å². The van der Waals surface area contributed by atoms with Crippen LogP contribution in [0.25, 0.3) is 0 Å². The van der Waals surface area contributed by atoms with Crippen molar-refractivity contribution in [2.75, 3.05) is 0 Å². The second kappa shape index (κ2) is 7.04. The molecule has 120 valence electrons. The summed E-state index contributed by atoms with van der Waals surface area (Å²) in [6.07, 6.45) is 2.12. The van der Waals surface area contributed by atoms with Crippen LogP contribution in [0.15, 0.2) is 35.1 Å². The van der Waals surface area contributed by atoms with Crippen molar-refractivity contribution in [1.29, 1.82) is 0 Å². The molecule has 0 saturated heterocycles. The third-order valence-corrected chi connectivity index (χ3v) is 4.13. The van der Waals surface area contributed by atoms with Crippen LogP contribution < -0.4 is 0 Å². The quantitative estimate of drug-likeness (QED) is 0.593. The number of carbonyl (C=O) groups excluding carboxylic acids is 2. The van der Waals surface area contributed by atoms with Crippen molar-refractivity contribution < 1.29 is 14.3 Å². The van der Waals surface area contributed by atoms with Gasteiger partial charge in [-0.3, -0.25) is 9.78 Å². The van der Waals surface area contributed by atoms with Crippen LogP contribution in [0, 0.1) is 20.8 Å². The molecule has 23 heavy (non-hydrogen) atoms. The Kier molecular flexibility index (Phi) is 5.31. The Bertz CT molecular complexity index is 771. The minimum Gasteiger partial charge on any atom is -0.451 e. The first kappa shape index (κ1) is 17.3. The van der Waals surface area contributed by atoms with Crippen LogP contribution in [0.2, 0.25) is 0 Å². The Morgan fingerprint density at radius 2 is 1.70 bits per heavy atom. The minimum absolute atomic E-state index is 0.207. The number of pyridine rings is 1. The van der Waals surface area contributed by atoms with Gasteiger partial charge in [0.05, 0.1) is 5.56 Å². The van der Waals surface area contributed by atoms with Crippen molar-refractivity contribution in [3.05, 3.63) is 62.9 Å². The Balaban J connectivity index is 2.17. The molecule has 4 nitrogen and oxygen atoms in total. The Morgan fingerprint density at radius 1 is 1.04 bits per heavy atom. The number of halogens is 1. The second-order valence-corrected chi connectivity index (χ2v) is 6.47. The SMILES string of the molecule is Cc1cc(C)c(C(=O)[C@H](C)OC(=O)c2cncc(Br)c2)cc1C. The molecule has 5 heteroatoms. The smallest absolute Gasteiger partial charge is 0.340 e. The molecule has 0 radical (unpaired) electrons. The molecule has 0 bridgehead atoms. The van der Waals surface area contributed by atoms with E-state index < -0.39 is 12.1 Å². The van der Waals surface area contributed by atoms with E-state index in [4.69, 9.17) is 4.74 Å². The third kappa shape index (κ3) is 4.05. The molecule has 0 spiro atoms. The van der Waals surface area contributed by atoms with E-state index in [1.807, 2.05) is 32.9 Å². The van der Waals surface area contributed by atoms with E-state index in [1.54, 1.807) is 19.2 Å². The molecular formula is C18H18BrNO3. The predicted molar refractivity (Wildman–Crippen MR) is 91.8 cm³/mol. The van der Waals surface area contributed by atoms with Gasteiger partial charge in [0.1, 0.15) is 0 Å². The third-order valence-electron chi connectivity index (χ3n) is 3.70. The van der Waals surface area contributed by atoms with Gasteiger partial charge < -0.3 is 4.74 Å². The molecule has 2 rings (SSSR count). The second-order valence-electron chi connectivity index (χ2n) is 5.56. The maximum absolute atomic E-state index is 12.6. The lowest BCUT2D eigenvalue weighted by molar-refractivity contribution is 0.0318. The van der Waals surface area contributed by atoms with Crippen molar-refractivity contribution in [1.82, 2.24) is 4.98 Å². The number of Topliss-reactive ketones (excluding diaryl/α,β-unsaturated/α-hetero) is 1. The first-order chi connectivity index (χ1) is 10.8. The molecule has 2 aromatic rings. The van der Waals surface area contributed by atoms with Gasteiger partial charge in [0.25, 0.3) is 0 Å². The molecule has 1 atom stereocenters. The summed E-state index contributed by atoms with van der Waals surface area (Å²) in [7, 11) is 0. The Labute approximate surface area is 144 Å². The Hall–Kier alpha value is -2.01. The average molecular weight is 376 g/mol. The number of esters is 1. The van der Waals surface area contributed by atoms with Crippen LogP contribution in [0.5, 0.6) is 0 Å². The molecule has 0 amide bonds. The number of ketones is 1. The van der Waals surface area contributed by atoms with Crippen LogP contribution in [0.4, 0.5) is 0 Å². The van der Waals surface area contributed by atoms with Crippen LogP contribution in [0.1, 0.15) is 44.3 Å². The van der Waals surface area contributed by atoms with E-state index in [1.165, 1.54) is 6.20 Å². The molecule has 0 aliphatic carbocycles. The van der Waals surface area contributed by atoms with Gasteiger partial charge in [-0.2, -0.15) is 0 Å². The number of hydrogen-bond donors (Lipinski definition) is 0. The van der Waals surface area contributed by atoms with Gasteiger partial charge in [-0.15, -0.1) is 0 Å². The highest BCUT2D eigenvalue weighted by atomic mass is 79.9. The monoisotopic (exact) mass is 375 g/mol. The van der Waals surface area contributed by atoms with Crippen LogP contribution in [-0.2, 0) is 4.74 Å². The topological polar surface area (TPSA) is 56.3 Å². The van der Waals surface area contributed by atoms with Crippen LogP contribution in [-0.4, -0.2) is 22.8 Å². The first-order valence-corrected chi connectivity index (χ1v) is 8.02. The van der Waals surface area contributed by atoms with E-state index in [9.17, 15) is 9.59 Å². The summed E-state index contributed by atoms with van der Waals surface area (Å²) >= 11 is 3.25. The number of hydrogen-bond acceptors (Lipinski definition) is 4. The molecule has 0 N–H and O–H groups in total. The summed E-state index contributed by atoms with van der Waals surface area (Å²) in [6.45, 7) is 7.42. The van der Waals surface area contributed by atoms with Gasteiger partial charge in [-0.1, -0.05) is 6.07 Å². The number of carbonyl (C=O) groups is 2. The van der Waals surface area contributed by atoms with Crippen molar-refractivity contribution in [2.45, 2.75) is 33.8 Å². The molecule has 0 aliphatic rings. The maximum atomic E-state index is 12.6. The summed E-state index contributed by atoms with van der Waals surface area (Å²) < 4.78 is 5.96. The van der Waals surface area contributed by atoms with Crippen LogP contribution in [0.3, 0.4) is 0 Å². The van der Waals surface area contributed by atoms with Crippen molar-refractivity contribution in [2.24, 2.45) is 0 Å². The van der Waals surface area contributed by atoms with Gasteiger partial charge >= 0.3 is 5.97 Å². The zero-order valence-corrected chi connectivity index (χ0v) is 15.1. The standard InChI is InChI=1S/C18H18BrNO3/c1-10-5-12(3)16(6-11(10)2)17(21)13(4)23-18(22)14-7-15(19)9-20-8-14/h5-9,13H,1-4H3/t13-/m0/s1. The van der Waals surface area contributed by atoms with E-state index >= 15 is 0 Å². The number of nitrogens with zero attached hydrogens (tertiary/aromatic N) is 1. The van der Waals surface area contributed by atoms with Gasteiger partial charge in [0.15, 0.2) is 6.10 Å². The van der Waals surface area contributed by atoms with E-state index in [2.05, 4.69) is 20.9 Å². The largest absolute Gasteiger partial charge is 0.451 e. The fraction of sp³-hybridized carbons (Fsp3) is 0.278. The van der Waals surface area contributed by atoms with Gasteiger partial charge in [-0.25, -0.2) is 4.79 Å². The average Bonchev–Trinajstić information content (AvgIpc) is 2.50. The van der Waals surface area contributed by atoms with Crippen molar-refractivity contribution in [3.8, 4) is 0 Å². The number of benzene rings is 1. The minimum atomic E-state index is -0.859. The summed E-state index contributed by atoms with van der Waals surface area (Å²) in [6, 6.07) is 5.42. The number of aryl methyl sites for hydroxylation is 3. The first-order valence-electron chi connectivity index (χ1n) is 7.23. The zero-order chi connectivity index (χ0) is 17.1. The normalized spacial score (nSPS) is 11.9. The fourth-order valence-corrected chi connectivity index (χ4v) is 2.62. The number of ether oxygens (including phenoxy) is 1. The van der Waals surface area contributed by atoms with E-state index in [-0.39, 0.29) is 5.78 Å². The summed E-state index contributed by atoms with van der Waals surface area (Å²) in [4.78, 5) is 28.6. The lowest BCUT2D eigenvalue weighted by Crippen LogP contribution is -2.25. The van der Waals surface area contributed by atoms with Crippen molar-refractivity contribution in [3.63, 3.8) is 0 Å². The highest BCUT2D eigenvalue weighted by Gasteiger charge is 2.22. The molecule has 0 unspecified atom stereocenters. The predicted octanol–water partition coefficient (Wildman–Crippen LogP) is 4.20. The molecule has 1 aromatic carbocycles. The number of rotatable bonds is 4. The highest BCUT2D eigenvalue weighted by molar-refractivity contribution is 9.10. The zero-order valence-electron chi connectivity index (χ0n) is 13.5. The molecular weight excluding hydrogens is 358 g/mol. The fourth-order valence-electron chi connectivity index (χ4n) is 2.25. The van der Waals surface area contributed by atoms with Crippen LogP contribution >= 0.6 is 15.9 Å².